The summed E-state index contributed by atoms with van der Waals surface area (Å²) in [6.07, 6.45) is 3.90. The summed E-state index contributed by atoms with van der Waals surface area (Å²) < 4.78 is 34.9. The SMILES string of the molecule is CCCCCC[AsH]C(F)(F)F. The molecule has 1 atom stereocenters. The third kappa shape index (κ3) is 10.3. The molecule has 0 aliphatic heterocycles. The zero-order chi connectivity index (χ0) is 8.74. The van der Waals surface area contributed by atoms with Gasteiger partial charge in [0.05, 0.1) is 0 Å². The molecule has 0 spiro atoms. The average Bonchev–Trinajstić information content (AvgIpc) is 1.85. The molecular weight excluding hydrogens is 216 g/mol. The van der Waals surface area contributed by atoms with Crippen LogP contribution >= 0.6 is 0 Å². The molecule has 0 fully saturated rings. The average molecular weight is 230 g/mol. The summed E-state index contributed by atoms with van der Waals surface area (Å²) >= 11 is -1.66. The van der Waals surface area contributed by atoms with E-state index < -0.39 is 20.7 Å². The van der Waals surface area contributed by atoms with Crippen LogP contribution in [0, 0.1) is 0 Å². The zero-order valence-corrected chi connectivity index (χ0v) is 8.77. The molecule has 0 rings (SSSR count). The van der Waals surface area contributed by atoms with Gasteiger partial charge in [0.15, 0.2) is 0 Å². The van der Waals surface area contributed by atoms with Crippen LogP contribution in [0.2, 0.25) is 5.21 Å². The molecule has 0 aromatic carbocycles. The van der Waals surface area contributed by atoms with Gasteiger partial charge in [0.1, 0.15) is 0 Å². The van der Waals surface area contributed by atoms with Crippen LogP contribution in [0.25, 0.3) is 0 Å². The maximum absolute atomic E-state index is 11.6. The Morgan fingerprint density at radius 2 is 1.73 bits per heavy atom. The monoisotopic (exact) mass is 230 g/mol. The quantitative estimate of drug-likeness (QED) is 0.503. The molecule has 0 saturated heterocycles. The molecule has 0 saturated carbocycles. The van der Waals surface area contributed by atoms with Gasteiger partial charge in [0.25, 0.3) is 0 Å². The van der Waals surface area contributed by atoms with Gasteiger partial charge in [-0.1, -0.05) is 0 Å². The third-order valence-electron chi connectivity index (χ3n) is 1.36. The number of hydrogen-bond donors (Lipinski definition) is 0. The number of hydrogen-bond acceptors (Lipinski definition) is 0. The second kappa shape index (κ2) is 5.93. The Morgan fingerprint density at radius 1 is 1.09 bits per heavy atom. The molecule has 0 aromatic heterocycles. The molecule has 0 amide bonds. The van der Waals surface area contributed by atoms with Gasteiger partial charge in [-0.3, -0.25) is 0 Å². The van der Waals surface area contributed by atoms with Crippen molar-refractivity contribution in [2.45, 2.75) is 42.8 Å². The molecule has 1 unspecified atom stereocenters. The Hall–Kier alpha value is 0.348. The molecule has 0 aliphatic carbocycles. The van der Waals surface area contributed by atoms with E-state index in [4.69, 9.17) is 0 Å². The number of halogens is 3. The first-order valence-corrected chi connectivity index (χ1v) is 6.41. The van der Waals surface area contributed by atoms with Crippen molar-refractivity contribution in [3.63, 3.8) is 0 Å². The minimum atomic E-state index is -3.83. The number of unbranched alkanes of at least 4 members (excludes halogenated alkanes) is 3. The Bertz CT molecular complexity index is 90.2. The van der Waals surface area contributed by atoms with Crippen molar-refractivity contribution in [3.05, 3.63) is 0 Å². The van der Waals surface area contributed by atoms with E-state index in [9.17, 15) is 13.2 Å². The molecule has 0 aliphatic rings. The van der Waals surface area contributed by atoms with Crippen LogP contribution in [0.3, 0.4) is 0 Å². The van der Waals surface area contributed by atoms with Crippen molar-refractivity contribution in [1.82, 2.24) is 0 Å². The van der Waals surface area contributed by atoms with Crippen LogP contribution in [0.5, 0.6) is 0 Å². The van der Waals surface area contributed by atoms with Crippen molar-refractivity contribution >= 4 is 15.8 Å². The van der Waals surface area contributed by atoms with Crippen molar-refractivity contribution in [2.75, 3.05) is 0 Å². The standard InChI is InChI=1S/C7H14AsF3/c1-2-3-4-5-6-8-7(9,10)11/h8H,2-6H2,1H3. The van der Waals surface area contributed by atoms with E-state index in [1.807, 2.05) is 0 Å². The van der Waals surface area contributed by atoms with Gasteiger partial charge in [0.2, 0.25) is 0 Å². The van der Waals surface area contributed by atoms with E-state index in [0.29, 0.717) is 5.21 Å². The van der Waals surface area contributed by atoms with Crippen molar-refractivity contribution in [1.29, 1.82) is 0 Å². The summed E-state index contributed by atoms with van der Waals surface area (Å²) in [5.74, 6) is 0. The van der Waals surface area contributed by atoms with Crippen LogP contribution in [0.1, 0.15) is 32.6 Å². The molecule has 0 heterocycles. The summed E-state index contributed by atoms with van der Waals surface area (Å²) in [4.78, 5) is -3.83. The van der Waals surface area contributed by atoms with Gasteiger partial charge in [0, 0.05) is 0 Å². The molecule has 0 radical (unpaired) electrons. The normalized spacial score (nSPS) is 13.1. The van der Waals surface area contributed by atoms with Crippen molar-refractivity contribution in [2.24, 2.45) is 0 Å². The van der Waals surface area contributed by atoms with E-state index in [2.05, 4.69) is 6.92 Å². The van der Waals surface area contributed by atoms with Crippen molar-refractivity contribution < 1.29 is 13.2 Å². The van der Waals surface area contributed by atoms with Gasteiger partial charge < -0.3 is 0 Å². The van der Waals surface area contributed by atoms with Crippen molar-refractivity contribution in [3.8, 4) is 0 Å². The van der Waals surface area contributed by atoms with E-state index >= 15 is 0 Å². The molecule has 68 valence electrons. The van der Waals surface area contributed by atoms with Crippen LogP contribution in [-0.4, -0.2) is 20.7 Å². The number of rotatable bonds is 5. The summed E-state index contributed by atoms with van der Waals surface area (Å²) in [5, 5.41) is 0.420. The number of alkyl halides is 3. The second-order valence-electron chi connectivity index (χ2n) is 2.49. The van der Waals surface area contributed by atoms with Gasteiger partial charge in [-0.2, -0.15) is 0 Å². The molecule has 0 aromatic rings. The first-order chi connectivity index (χ1) is 5.06. The molecule has 4 heteroatoms. The van der Waals surface area contributed by atoms with Gasteiger partial charge in [-0.05, 0) is 0 Å². The van der Waals surface area contributed by atoms with E-state index in [1.165, 1.54) is 0 Å². The Balaban J connectivity index is 3.02. The van der Waals surface area contributed by atoms with Gasteiger partial charge >= 0.3 is 71.7 Å². The first-order valence-electron chi connectivity index (χ1n) is 3.88. The molecule has 11 heavy (non-hydrogen) atoms. The fourth-order valence-electron chi connectivity index (χ4n) is 0.782. The van der Waals surface area contributed by atoms with Crippen LogP contribution in [-0.2, 0) is 0 Å². The fourth-order valence-corrected chi connectivity index (χ4v) is 2.27. The summed E-state index contributed by atoms with van der Waals surface area (Å²) in [7, 11) is 0. The Labute approximate surface area is 72.2 Å². The summed E-state index contributed by atoms with van der Waals surface area (Å²) in [6.45, 7) is 2.06. The second-order valence-corrected chi connectivity index (χ2v) is 5.47. The molecule has 0 bridgehead atoms. The van der Waals surface area contributed by atoms with Gasteiger partial charge in [-0.15, -0.1) is 0 Å². The van der Waals surface area contributed by atoms with Gasteiger partial charge in [-0.25, -0.2) is 0 Å². The molecular formula is C7H14AsF3. The molecule has 0 N–H and O–H groups in total. The van der Waals surface area contributed by atoms with Crippen LogP contribution in [0.15, 0.2) is 0 Å². The van der Waals surface area contributed by atoms with E-state index in [1.54, 1.807) is 0 Å². The van der Waals surface area contributed by atoms with Crippen LogP contribution < -0.4 is 0 Å². The zero-order valence-electron chi connectivity index (χ0n) is 6.67. The van der Waals surface area contributed by atoms with E-state index in [-0.39, 0.29) is 0 Å². The summed E-state index contributed by atoms with van der Waals surface area (Å²) in [6, 6.07) is 0. The minimum absolute atomic E-state index is 0.420. The topological polar surface area (TPSA) is 0 Å². The maximum atomic E-state index is 11.6. The predicted molar refractivity (Wildman–Crippen MR) is 42.2 cm³/mol. The first kappa shape index (κ1) is 11.3. The van der Waals surface area contributed by atoms with Crippen LogP contribution in [0.4, 0.5) is 13.2 Å². The molecule has 0 nitrogen and oxygen atoms in total. The third-order valence-corrected chi connectivity index (χ3v) is 3.46. The Morgan fingerprint density at radius 3 is 2.18 bits per heavy atom. The predicted octanol–water partition coefficient (Wildman–Crippen LogP) is 2.94. The fraction of sp³-hybridized carbons (Fsp3) is 1.00. The Kier molecular flexibility index (Phi) is 6.12. The van der Waals surface area contributed by atoms with E-state index in [0.717, 1.165) is 25.7 Å². The summed E-state index contributed by atoms with van der Waals surface area (Å²) in [5.41, 5.74) is 0.